The van der Waals surface area contributed by atoms with Crippen molar-refractivity contribution in [3.05, 3.63) is 29.6 Å². The first-order valence-electron chi connectivity index (χ1n) is 6.98. The third-order valence-electron chi connectivity index (χ3n) is 3.55. The molecule has 2 heterocycles. The Labute approximate surface area is 114 Å². The van der Waals surface area contributed by atoms with Crippen LogP contribution in [-0.4, -0.2) is 28.9 Å². The van der Waals surface area contributed by atoms with Crippen LogP contribution in [0.15, 0.2) is 18.3 Å². The predicted octanol–water partition coefficient (Wildman–Crippen LogP) is 1.45. The van der Waals surface area contributed by atoms with Gasteiger partial charge in [-0.15, -0.1) is 0 Å². The fourth-order valence-electron chi connectivity index (χ4n) is 2.44. The molecule has 2 rings (SSSR count). The number of nitrogen functional groups attached to an aromatic ring is 1. The predicted molar refractivity (Wildman–Crippen MR) is 74.3 cm³/mol. The Balaban J connectivity index is 1.92. The molecule has 1 saturated heterocycles. The van der Waals surface area contributed by atoms with E-state index >= 15 is 0 Å². The van der Waals surface area contributed by atoms with E-state index in [9.17, 15) is 4.79 Å². The molecule has 1 amide bonds. The molecule has 0 aliphatic carbocycles. The van der Waals surface area contributed by atoms with E-state index in [0.29, 0.717) is 5.56 Å². The van der Waals surface area contributed by atoms with Gasteiger partial charge in [-0.3, -0.25) is 20.1 Å². The first-order chi connectivity index (χ1) is 9.29. The number of nitrogens with two attached hydrogens (primary N) is 1. The summed E-state index contributed by atoms with van der Waals surface area (Å²) in [6, 6.07) is 3.68. The molecule has 1 aromatic heterocycles. The van der Waals surface area contributed by atoms with Crippen molar-refractivity contribution in [2.45, 2.75) is 38.6 Å². The van der Waals surface area contributed by atoms with Gasteiger partial charge in [0.05, 0.1) is 11.3 Å². The minimum Gasteiger partial charge on any atom is -0.298 e. The van der Waals surface area contributed by atoms with Gasteiger partial charge in [0.25, 0.3) is 5.91 Å². The fourth-order valence-corrected chi connectivity index (χ4v) is 2.44. The minimum atomic E-state index is -0.301. The van der Waals surface area contributed by atoms with Gasteiger partial charge in [0.1, 0.15) is 0 Å². The standard InChI is InChI=1S/C14H22N4O/c15-17-14(19)12-6-7-13(16-10-12)11-18-8-4-2-1-3-5-9-18/h6-7,10H,1-5,8-9,11,15H2,(H,17,19). The summed E-state index contributed by atoms with van der Waals surface area (Å²) in [7, 11) is 0. The summed E-state index contributed by atoms with van der Waals surface area (Å²) >= 11 is 0. The van der Waals surface area contributed by atoms with Crippen molar-refractivity contribution in [3.63, 3.8) is 0 Å². The lowest BCUT2D eigenvalue weighted by molar-refractivity contribution is 0.0953. The van der Waals surface area contributed by atoms with E-state index in [4.69, 9.17) is 5.84 Å². The summed E-state index contributed by atoms with van der Waals surface area (Å²) in [5.41, 5.74) is 3.62. The molecular weight excluding hydrogens is 240 g/mol. The number of hydrogen-bond donors (Lipinski definition) is 2. The number of aromatic nitrogens is 1. The maximum atomic E-state index is 11.3. The number of pyridine rings is 1. The highest BCUT2D eigenvalue weighted by atomic mass is 16.2. The van der Waals surface area contributed by atoms with Crippen molar-refractivity contribution >= 4 is 5.91 Å². The molecule has 0 saturated carbocycles. The smallest absolute Gasteiger partial charge is 0.266 e. The third kappa shape index (κ3) is 4.29. The lowest BCUT2D eigenvalue weighted by Crippen LogP contribution is -2.30. The zero-order valence-electron chi connectivity index (χ0n) is 11.3. The zero-order chi connectivity index (χ0) is 13.5. The van der Waals surface area contributed by atoms with Gasteiger partial charge in [0.15, 0.2) is 0 Å². The number of nitrogens with one attached hydrogen (secondary N) is 1. The molecule has 1 aliphatic rings. The maximum absolute atomic E-state index is 11.3. The van der Waals surface area contributed by atoms with Crippen LogP contribution in [0, 0.1) is 0 Å². The van der Waals surface area contributed by atoms with Crippen LogP contribution in [0.25, 0.3) is 0 Å². The second-order valence-corrected chi connectivity index (χ2v) is 5.06. The van der Waals surface area contributed by atoms with Crippen LogP contribution in [0.4, 0.5) is 0 Å². The molecule has 0 aromatic carbocycles. The number of carbonyl (C=O) groups is 1. The van der Waals surface area contributed by atoms with Crippen molar-refractivity contribution < 1.29 is 4.79 Å². The number of hydrogen-bond acceptors (Lipinski definition) is 4. The third-order valence-corrected chi connectivity index (χ3v) is 3.55. The van der Waals surface area contributed by atoms with Crippen LogP contribution in [0.3, 0.4) is 0 Å². The molecule has 0 unspecified atom stereocenters. The van der Waals surface area contributed by atoms with Crippen LogP contribution in [0.5, 0.6) is 0 Å². The zero-order valence-corrected chi connectivity index (χ0v) is 11.3. The summed E-state index contributed by atoms with van der Waals surface area (Å²) in [6.45, 7) is 3.16. The van der Waals surface area contributed by atoms with E-state index in [0.717, 1.165) is 25.3 Å². The lowest BCUT2D eigenvalue weighted by atomic mass is 10.1. The number of amides is 1. The van der Waals surface area contributed by atoms with E-state index in [-0.39, 0.29) is 5.91 Å². The molecule has 19 heavy (non-hydrogen) atoms. The quantitative estimate of drug-likeness (QED) is 0.491. The Hall–Kier alpha value is -1.46. The number of likely N-dealkylation sites (tertiary alicyclic amines) is 1. The molecule has 5 nitrogen and oxygen atoms in total. The summed E-state index contributed by atoms with van der Waals surface area (Å²) in [6.07, 6.45) is 8.16. The number of nitrogens with zero attached hydrogens (tertiary/aromatic N) is 2. The Kier molecular flexibility index (Phi) is 5.30. The fraction of sp³-hybridized carbons (Fsp3) is 0.571. The highest BCUT2D eigenvalue weighted by molar-refractivity contribution is 5.93. The van der Waals surface area contributed by atoms with Gasteiger partial charge in [-0.05, 0) is 38.1 Å². The molecular formula is C14H22N4O. The molecule has 1 aromatic rings. The normalized spacial score (nSPS) is 17.5. The number of carbonyl (C=O) groups excluding carboxylic acids is 1. The van der Waals surface area contributed by atoms with Crippen molar-refractivity contribution in [2.24, 2.45) is 5.84 Å². The first kappa shape index (κ1) is 14.0. The molecule has 0 radical (unpaired) electrons. The molecule has 0 bridgehead atoms. The van der Waals surface area contributed by atoms with Crippen molar-refractivity contribution in [3.8, 4) is 0 Å². The first-order valence-corrected chi connectivity index (χ1v) is 6.98. The van der Waals surface area contributed by atoms with Gasteiger partial charge in [-0.25, -0.2) is 5.84 Å². The summed E-state index contributed by atoms with van der Waals surface area (Å²) in [5.74, 6) is 4.79. The van der Waals surface area contributed by atoms with Crippen LogP contribution >= 0.6 is 0 Å². The highest BCUT2D eigenvalue weighted by Crippen LogP contribution is 2.12. The summed E-state index contributed by atoms with van der Waals surface area (Å²) in [5, 5.41) is 0. The Morgan fingerprint density at radius 2 is 1.89 bits per heavy atom. The van der Waals surface area contributed by atoms with Crippen LogP contribution in [-0.2, 0) is 6.54 Å². The van der Waals surface area contributed by atoms with Gasteiger partial charge in [-0.2, -0.15) is 0 Å². The Morgan fingerprint density at radius 3 is 2.47 bits per heavy atom. The van der Waals surface area contributed by atoms with Crippen LogP contribution in [0.2, 0.25) is 0 Å². The van der Waals surface area contributed by atoms with E-state index in [1.807, 2.05) is 6.07 Å². The topological polar surface area (TPSA) is 71.2 Å². The van der Waals surface area contributed by atoms with Gasteiger partial charge < -0.3 is 0 Å². The molecule has 0 atom stereocenters. The maximum Gasteiger partial charge on any atom is 0.266 e. The average molecular weight is 262 g/mol. The molecule has 0 spiro atoms. The molecule has 5 heteroatoms. The van der Waals surface area contributed by atoms with Gasteiger partial charge in [0, 0.05) is 12.7 Å². The lowest BCUT2D eigenvalue weighted by Gasteiger charge is -2.24. The van der Waals surface area contributed by atoms with Crippen molar-refractivity contribution in [2.75, 3.05) is 13.1 Å². The van der Waals surface area contributed by atoms with Crippen molar-refractivity contribution in [1.82, 2.24) is 15.3 Å². The van der Waals surface area contributed by atoms with E-state index in [1.165, 1.54) is 32.1 Å². The van der Waals surface area contributed by atoms with E-state index in [2.05, 4.69) is 15.3 Å². The molecule has 104 valence electrons. The van der Waals surface area contributed by atoms with Crippen molar-refractivity contribution in [1.29, 1.82) is 0 Å². The largest absolute Gasteiger partial charge is 0.298 e. The van der Waals surface area contributed by atoms with Gasteiger partial charge >= 0.3 is 0 Å². The highest BCUT2D eigenvalue weighted by Gasteiger charge is 2.10. The van der Waals surface area contributed by atoms with Crippen LogP contribution < -0.4 is 11.3 Å². The molecule has 1 fully saturated rings. The minimum absolute atomic E-state index is 0.301. The Morgan fingerprint density at radius 1 is 1.21 bits per heavy atom. The van der Waals surface area contributed by atoms with Gasteiger partial charge in [-0.1, -0.05) is 19.3 Å². The average Bonchev–Trinajstić information content (AvgIpc) is 2.41. The summed E-state index contributed by atoms with van der Waals surface area (Å²) in [4.78, 5) is 18.1. The molecule has 1 aliphatic heterocycles. The van der Waals surface area contributed by atoms with E-state index < -0.39 is 0 Å². The van der Waals surface area contributed by atoms with E-state index in [1.54, 1.807) is 12.3 Å². The number of rotatable bonds is 3. The second kappa shape index (κ2) is 7.21. The second-order valence-electron chi connectivity index (χ2n) is 5.06. The Bertz CT molecular complexity index is 396. The SMILES string of the molecule is NNC(=O)c1ccc(CN2CCCCCCC2)nc1. The van der Waals surface area contributed by atoms with Gasteiger partial charge in [0.2, 0.25) is 0 Å². The monoisotopic (exact) mass is 262 g/mol. The van der Waals surface area contributed by atoms with Crippen LogP contribution in [0.1, 0.15) is 48.2 Å². The molecule has 3 N–H and O–H groups in total. The number of hydrazine groups is 1. The summed E-state index contributed by atoms with van der Waals surface area (Å²) < 4.78 is 0.